The second-order valence-electron chi connectivity index (χ2n) is 6.34. The average Bonchev–Trinajstić information content (AvgIpc) is 3.24. The van der Waals surface area contributed by atoms with Crippen molar-refractivity contribution in [1.82, 2.24) is 9.97 Å². The summed E-state index contributed by atoms with van der Waals surface area (Å²) in [7, 11) is 0. The lowest BCUT2D eigenvalue weighted by Gasteiger charge is -2.10. The lowest BCUT2D eigenvalue weighted by molar-refractivity contribution is -0.130. The van der Waals surface area contributed by atoms with Crippen LogP contribution in [0.25, 0.3) is 33.3 Å². The number of hydrogen-bond acceptors (Lipinski definition) is 4. The Hall–Kier alpha value is -3.28. The fourth-order valence-electron chi connectivity index (χ4n) is 3.46. The third kappa shape index (κ3) is 1.85. The zero-order valence-corrected chi connectivity index (χ0v) is 13.9. The van der Waals surface area contributed by atoms with E-state index < -0.39 is 11.6 Å². The molecule has 4 rings (SSSR count). The summed E-state index contributed by atoms with van der Waals surface area (Å²) in [5.74, 6) is -1.48. The van der Waals surface area contributed by atoms with Gasteiger partial charge in [0.05, 0.1) is 22.1 Å². The van der Waals surface area contributed by atoms with Crippen molar-refractivity contribution in [2.45, 2.75) is 20.8 Å². The molecule has 4 N–H and O–H groups in total. The van der Waals surface area contributed by atoms with E-state index in [2.05, 4.69) is 9.97 Å². The number of aromatic amines is 2. The molecule has 2 heterocycles. The summed E-state index contributed by atoms with van der Waals surface area (Å²) in [5.41, 5.74) is 2.94. The summed E-state index contributed by atoms with van der Waals surface area (Å²) in [6.07, 6.45) is 1.73. The molecule has 0 radical (unpaired) electrons. The molecule has 0 fully saturated rings. The quantitative estimate of drug-likeness (QED) is 0.398. The molecule has 0 spiro atoms. The van der Waals surface area contributed by atoms with Gasteiger partial charge in [0, 0.05) is 33.5 Å². The number of phenols is 2. The first-order chi connectivity index (χ1) is 11.8. The van der Waals surface area contributed by atoms with Crippen molar-refractivity contribution >= 4 is 33.6 Å². The van der Waals surface area contributed by atoms with Gasteiger partial charge in [0.25, 0.3) is 0 Å². The van der Waals surface area contributed by atoms with Gasteiger partial charge in [-0.05, 0) is 32.9 Å². The Balaban J connectivity index is 2.16. The van der Waals surface area contributed by atoms with Crippen LogP contribution in [0.3, 0.4) is 0 Å². The molecule has 0 saturated carbocycles. The third-order valence-electron chi connectivity index (χ3n) is 4.96. The Morgan fingerprint density at radius 2 is 1.64 bits per heavy atom. The molecule has 0 saturated heterocycles. The van der Waals surface area contributed by atoms with Gasteiger partial charge in [-0.3, -0.25) is 9.59 Å². The number of nitrogens with one attached hydrogen (secondary N) is 2. The van der Waals surface area contributed by atoms with Crippen LogP contribution in [0, 0.1) is 6.92 Å². The van der Waals surface area contributed by atoms with E-state index in [-0.39, 0.29) is 11.5 Å². The predicted molar refractivity (Wildman–Crippen MR) is 93.6 cm³/mol. The van der Waals surface area contributed by atoms with Crippen molar-refractivity contribution < 1.29 is 19.8 Å². The molecule has 3 aromatic rings. The number of aromatic nitrogens is 2. The molecule has 1 aromatic carbocycles. The van der Waals surface area contributed by atoms with Gasteiger partial charge < -0.3 is 20.2 Å². The summed E-state index contributed by atoms with van der Waals surface area (Å²) in [6.45, 7) is 4.93. The SMILES string of the molecule is CC1=c2cc(-c3c(O)c(O)c(C)c4[nH]ccc34)[nH]c2=C(C)C(=O)C1=O. The molecule has 1 aliphatic rings. The lowest BCUT2D eigenvalue weighted by Crippen LogP contribution is -2.38. The number of carbonyl (C=O) groups excluding carboxylic acids is 2. The maximum absolute atomic E-state index is 12.1. The van der Waals surface area contributed by atoms with Crippen LogP contribution in [0.2, 0.25) is 0 Å². The Labute approximate surface area is 142 Å². The second kappa shape index (κ2) is 4.86. The summed E-state index contributed by atoms with van der Waals surface area (Å²) in [5, 5.41) is 22.7. The Morgan fingerprint density at radius 3 is 2.36 bits per heavy atom. The van der Waals surface area contributed by atoms with E-state index in [1.165, 1.54) is 0 Å². The normalized spacial score (nSPS) is 14.5. The highest BCUT2D eigenvalue weighted by Gasteiger charge is 2.26. The molecule has 1 aliphatic carbocycles. The molecule has 0 unspecified atom stereocenters. The smallest absolute Gasteiger partial charge is 0.230 e. The topological polar surface area (TPSA) is 106 Å². The molecule has 0 aliphatic heterocycles. The number of benzene rings is 1. The van der Waals surface area contributed by atoms with Gasteiger partial charge in [0.15, 0.2) is 11.5 Å². The largest absolute Gasteiger partial charge is 0.504 e. The number of phenolic OH excluding ortho intramolecular Hbond substituents is 2. The number of aromatic hydroxyl groups is 2. The number of rotatable bonds is 1. The highest BCUT2D eigenvalue weighted by Crippen LogP contribution is 2.44. The van der Waals surface area contributed by atoms with Crippen molar-refractivity contribution in [3.05, 3.63) is 34.5 Å². The number of Topliss-reactive ketones (excluding diaryl/α,β-unsaturated/α-hetero) is 2. The van der Waals surface area contributed by atoms with E-state index in [4.69, 9.17) is 0 Å². The van der Waals surface area contributed by atoms with Gasteiger partial charge in [0.2, 0.25) is 11.6 Å². The zero-order chi connectivity index (χ0) is 18.0. The van der Waals surface area contributed by atoms with Crippen LogP contribution >= 0.6 is 0 Å². The van der Waals surface area contributed by atoms with Gasteiger partial charge in [-0.15, -0.1) is 0 Å². The van der Waals surface area contributed by atoms with E-state index >= 15 is 0 Å². The molecule has 25 heavy (non-hydrogen) atoms. The van der Waals surface area contributed by atoms with Crippen molar-refractivity contribution in [2.24, 2.45) is 0 Å². The molecule has 0 bridgehead atoms. The fourth-order valence-corrected chi connectivity index (χ4v) is 3.46. The molecular formula is C19H16N2O4. The van der Waals surface area contributed by atoms with E-state index in [9.17, 15) is 19.8 Å². The number of hydrogen-bond donors (Lipinski definition) is 4. The zero-order valence-electron chi connectivity index (χ0n) is 13.9. The van der Waals surface area contributed by atoms with E-state index in [1.807, 2.05) is 0 Å². The Bertz CT molecular complexity index is 1180. The highest BCUT2D eigenvalue weighted by molar-refractivity contribution is 6.62. The van der Waals surface area contributed by atoms with Gasteiger partial charge in [-0.2, -0.15) is 0 Å². The minimum absolute atomic E-state index is 0.203. The summed E-state index contributed by atoms with van der Waals surface area (Å²) in [6, 6.07) is 3.54. The number of fused-ring (bicyclic) bond motifs is 2. The lowest BCUT2D eigenvalue weighted by atomic mass is 9.96. The number of ketones is 2. The maximum atomic E-state index is 12.1. The standard InChI is InChI=1S/C19H16N2O4/c1-7-11-6-12(21-15(11)9(3)17(23)16(7)22)13-10-4-5-20-14(10)8(2)18(24)19(13)25/h4-6,20-21,24-25H,1-3H3. The molecule has 6 heteroatoms. The van der Waals surface area contributed by atoms with Crippen LogP contribution in [-0.4, -0.2) is 31.7 Å². The first-order valence-electron chi connectivity index (χ1n) is 7.84. The van der Waals surface area contributed by atoms with Gasteiger partial charge in [0.1, 0.15) is 0 Å². The second-order valence-corrected chi connectivity index (χ2v) is 6.34. The van der Waals surface area contributed by atoms with E-state index in [0.717, 1.165) is 5.39 Å². The monoisotopic (exact) mass is 336 g/mol. The third-order valence-corrected chi connectivity index (χ3v) is 4.96. The predicted octanol–water partition coefficient (Wildman–Crippen LogP) is 1.38. The van der Waals surface area contributed by atoms with E-state index in [0.29, 0.717) is 44.1 Å². The summed E-state index contributed by atoms with van der Waals surface area (Å²) < 4.78 is 0. The number of aryl methyl sites for hydroxylation is 1. The Kier molecular flexibility index (Phi) is 2.97. The molecule has 0 amide bonds. The van der Waals surface area contributed by atoms with Crippen molar-refractivity contribution in [2.75, 3.05) is 0 Å². The van der Waals surface area contributed by atoms with Gasteiger partial charge in [-0.1, -0.05) is 0 Å². The minimum Gasteiger partial charge on any atom is -0.504 e. The van der Waals surface area contributed by atoms with Gasteiger partial charge >= 0.3 is 0 Å². The fraction of sp³-hybridized carbons (Fsp3) is 0.158. The molecule has 2 aromatic heterocycles. The van der Waals surface area contributed by atoms with Crippen LogP contribution in [0.1, 0.15) is 19.4 Å². The Morgan fingerprint density at radius 1 is 0.960 bits per heavy atom. The van der Waals surface area contributed by atoms with Crippen LogP contribution in [0.4, 0.5) is 0 Å². The van der Waals surface area contributed by atoms with Crippen molar-refractivity contribution in [3.8, 4) is 22.8 Å². The van der Waals surface area contributed by atoms with Crippen LogP contribution in [0.15, 0.2) is 18.3 Å². The number of carbonyl (C=O) groups is 2. The first kappa shape index (κ1) is 15.3. The number of H-pyrrole nitrogens is 2. The summed E-state index contributed by atoms with van der Waals surface area (Å²) >= 11 is 0. The van der Waals surface area contributed by atoms with Crippen LogP contribution < -0.4 is 10.6 Å². The first-order valence-corrected chi connectivity index (χ1v) is 7.84. The highest BCUT2D eigenvalue weighted by atomic mass is 16.3. The van der Waals surface area contributed by atoms with E-state index in [1.54, 1.807) is 39.1 Å². The van der Waals surface area contributed by atoms with Crippen LogP contribution in [-0.2, 0) is 9.59 Å². The minimum atomic E-state index is -0.527. The van der Waals surface area contributed by atoms with Crippen molar-refractivity contribution in [1.29, 1.82) is 0 Å². The average molecular weight is 336 g/mol. The maximum Gasteiger partial charge on any atom is 0.230 e. The van der Waals surface area contributed by atoms with Crippen molar-refractivity contribution in [3.63, 3.8) is 0 Å². The molecule has 0 atom stereocenters. The molecular weight excluding hydrogens is 320 g/mol. The van der Waals surface area contributed by atoms with Crippen LogP contribution in [0.5, 0.6) is 11.5 Å². The molecule has 126 valence electrons. The summed E-state index contributed by atoms with van der Waals surface area (Å²) in [4.78, 5) is 30.3. The molecule has 6 nitrogen and oxygen atoms in total. The van der Waals surface area contributed by atoms with Gasteiger partial charge in [-0.25, -0.2) is 0 Å².